The molecule has 1 saturated heterocycles. The molecular weight excluding hydrogens is 282 g/mol. The minimum absolute atomic E-state index is 0.0142. The predicted octanol–water partition coefficient (Wildman–Crippen LogP) is 1.63. The first-order chi connectivity index (χ1) is 10.5. The molecule has 0 aromatic heterocycles. The molecule has 2 heterocycles. The lowest BCUT2D eigenvalue weighted by molar-refractivity contribution is -0.160. The number of β-lactam (4-membered cyclic amide) rings is 1. The fourth-order valence-electron chi connectivity index (χ4n) is 4.24. The summed E-state index contributed by atoms with van der Waals surface area (Å²) in [5.74, 6) is -0.258. The first-order valence-electron chi connectivity index (χ1n) is 8.02. The molecule has 0 radical (unpaired) electrons. The zero-order valence-corrected chi connectivity index (χ0v) is 13.1. The van der Waals surface area contributed by atoms with E-state index in [4.69, 9.17) is 4.74 Å². The number of ether oxygens (including phenoxy) is 1. The van der Waals surface area contributed by atoms with Gasteiger partial charge in [0.05, 0.1) is 18.1 Å². The van der Waals surface area contributed by atoms with Crippen LogP contribution in [0.5, 0.6) is 0 Å². The zero-order valence-electron chi connectivity index (χ0n) is 13.1. The number of aliphatic hydroxyl groups excluding tert-OH is 1. The number of rotatable bonds is 4. The van der Waals surface area contributed by atoms with Crippen molar-refractivity contribution in [1.29, 1.82) is 0 Å². The van der Waals surface area contributed by atoms with E-state index in [0.29, 0.717) is 12.1 Å². The maximum Gasteiger partial charge on any atom is 0.355 e. The lowest BCUT2D eigenvalue weighted by atomic mass is 9.70. The molecule has 0 bridgehead atoms. The third-order valence-corrected chi connectivity index (χ3v) is 5.11. The largest absolute Gasteiger partial charge is 0.457 e. The van der Waals surface area contributed by atoms with Crippen LogP contribution in [-0.4, -0.2) is 40.6 Å². The summed E-state index contributed by atoms with van der Waals surface area (Å²) in [6, 6.07) is 0.0173. The number of carbonyl (C=O) groups is 2. The van der Waals surface area contributed by atoms with E-state index >= 15 is 0 Å². The third-order valence-electron chi connectivity index (χ3n) is 5.11. The Morgan fingerprint density at radius 2 is 2.23 bits per heavy atom. The van der Waals surface area contributed by atoms with E-state index in [1.165, 1.54) is 6.08 Å². The second kappa shape index (κ2) is 5.54. The van der Waals surface area contributed by atoms with Gasteiger partial charge < -0.3 is 14.7 Å². The van der Waals surface area contributed by atoms with E-state index in [1.54, 1.807) is 4.90 Å². The van der Waals surface area contributed by atoms with Crippen LogP contribution in [0.15, 0.2) is 23.9 Å². The number of fused-ring (bicyclic) bond motifs is 3. The van der Waals surface area contributed by atoms with Crippen LogP contribution in [0, 0.1) is 17.8 Å². The average Bonchev–Trinajstić information content (AvgIpc) is 2.76. The zero-order chi connectivity index (χ0) is 16.0. The van der Waals surface area contributed by atoms with E-state index in [2.05, 4.69) is 6.58 Å². The molecule has 22 heavy (non-hydrogen) atoms. The van der Waals surface area contributed by atoms with Gasteiger partial charge in [-0.1, -0.05) is 26.5 Å². The molecule has 4 atom stereocenters. The van der Waals surface area contributed by atoms with Gasteiger partial charge in [-0.05, 0) is 30.8 Å². The fraction of sp³-hybridized carbons (Fsp3) is 0.647. The highest BCUT2D eigenvalue weighted by Gasteiger charge is 2.61. The summed E-state index contributed by atoms with van der Waals surface area (Å²) in [7, 11) is 0. The Kier molecular flexibility index (Phi) is 3.85. The summed E-state index contributed by atoms with van der Waals surface area (Å²) < 4.78 is 5.15. The van der Waals surface area contributed by atoms with Crippen molar-refractivity contribution in [3.8, 4) is 0 Å². The Labute approximate surface area is 130 Å². The van der Waals surface area contributed by atoms with Gasteiger partial charge in [-0.25, -0.2) is 4.79 Å². The van der Waals surface area contributed by atoms with Gasteiger partial charge in [-0.2, -0.15) is 0 Å². The monoisotopic (exact) mass is 305 g/mol. The van der Waals surface area contributed by atoms with Crippen molar-refractivity contribution in [1.82, 2.24) is 4.90 Å². The van der Waals surface area contributed by atoms with E-state index in [1.807, 2.05) is 13.8 Å². The van der Waals surface area contributed by atoms with Crippen LogP contribution in [0.25, 0.3) is 0 Å². The molecule has 5 nitrogen and oxygen atoms in total. The highest BCUT2D eigenvalue weighted by atomic mass is 16.5. The quantitative estimate of drug-likeness (QED) is 0.487. The van der Waals surface area contributed by atoms with E-state index in [9.17, 15) is 14.7 Å². The Hall–Kier alpha value is -1.62. The summed E-state index contributed by atoms with van der Waals surface area (Å²) >= 11 is 0. The average molecular weight is 305 g/mol. The number of amides is 1. The number of hydrogen-bond donors (Lipinski definition) is 1. The summed E-state index contributed by atoms with van der Waals surface area (Å²) in [6.07, 6.45) is 3.34. The van der Waals surface area contributed by atoms with Crippen molar-refractivity contribution in [3.63, 3.8) is 0 Å². The molecule has 1 amide bonds. The molecule has 0 aromatic carbocycles. The lowest BCUT2D eigenvalue weighted by Crippen LogP contribution is -2.62. The Morgan fingerprint density at radius 1 is 1.50 bits per heavy atom. The molecule has 3 rings (SSSR count). The van der Waals surface area contributed by atoms with Crippen LogP contribution in [0.2, 0.25) is 0 Å². The summed E-state index contributed by atoms with van der Waals surface area (Å²) in [5, 5.41) is 10.4. The number of carbonyl (C=O) groups excluding carboxylic acids is 2. The standard InChI is InChI=1S/C17H23NO4/c1-4-8-22-17(21)15-13-10(6-5-7-11(13)19)14-12(9(2)3)16(20)18(14)15/h4,9-12,14,19H,1,5-8H2,2-3H3/t10-,11+,12+,14?/m0/s1. The van der Waals surface area contributed by atoms with E-state index < -0.39 is 12.1 Å². The highest BCUT2D eigenvalue weighted by Crippen LogP contribution is 2.53. The van der Waals surface area contributed by atoms with Crippen LogP contribution in [-0.2, 0) is 14.3 Å². The van der Waals surface area contributed by atoms with Gasteiger partial charge >= 0.3 is 5.97 Å². The highest BCUT2D eigenvalue weighted by molar-refractivity contribution is 6.00. The van der Waals surface area contributed by atoms with Crippen LogP contribution >= 0.6 is 0 Å². The Morgan fingerprint density at radius 3 is 2.86 bits per heavy atom. The Bertz CT molecular complexity index is 551. The number of hydrogen-bond acceptors (Lipinski definition) is 4. The maximum absolute atomic E-state index is 12.5. The van der Waals surface area contributed by atoms with Crippen LogP contribution < -0.4 is 0 Å². The van der Waals surface area contributed by atoms with Crippen LogP contribution in [0.3, 0.4) is 0 Å². The van der Waals surface area contributed by atoms with E-state index in [-0.39, 0.29) is 36.3 Å². The van der Waals surface area contributed by atoms with Crippen molar-refractivity contribution in [2.75, 3.05) is 6.61 Å². The van der Waals surface area contributed by atoms with Crippen LogP contribution in [0.4, 0.5) is 0 Å². The molecule has 2 fully saturated rings. The number of esters is 1. The van der Waals surface area contributed by atoms with Crippen molar-refractivity contribution in [2.45, 2.75) is 45.3 Å². The van der Waals surface area contributed by atoms with E-state index in [0.717, 1.165) is 18.4 Å². The molecule has 1 saturated carbocycles. The predicted molar refractivity (Wildman–Crippen MR) is 80.5 cm³/mol. The van der Waals surface area contributed by atoms with Crippen molar-refractivity contribution in [3.05, 3.63) is 23.9 Å². The second-order valence-corrected chi connectivity index (χ2v) is 6.71. The molecule has 5 heteroatoms. The van der Waals surface area contributed by atoms with Crippen molar-refractivity contribution in [2.24, 2.45) is 17.8 Å². The van der Waals surface area contributed by atoms with Crippen LogP contribution in [0.1, 0.15) is 33.1 Å². The third kappa shape index (κ3) is 2.02. The summed E-state index contributed by atoms with van der Waals surface area (Å²) in [4.78, 5) is 26.5. The molecule has 0 aromatic rings. The van der Waals surface area contributed by atoms with Gasteiger partial charge in [0.15, 0.2) is 0 Å². The minimum Gasteiger partial charge on any atom is -0.457 e. The van der Waals surface area contributed by atoms with Gasteiger partial charge in [-0.15, -0.1) is 0 Å². The van der Waals surface area contributed by atoms with Crippen molar-refractivity contribution >= 4 is 11.9 Å². The second-order valence-electron chi connectivity index (χ2n) is 6.71. The molecule has 3 aliphatic rings. The van der Waals surface area contributed by atoms with Crippen molar-refractivity contribution < 1.29 is 19.4 Å². The normalized spacial score (nSPS) is 33.5. The number of aliphatic hydroxyl groups is 1. The minimum atomic E-state index is -0.642. The smallest absolute Gasteiger partial charge is 0.355 e. The molecule has 2 aliphatic heterocycles. The van der Waals surface area contributed by atoms with Gasteiger partial charge in [0, 0.05) is 5.92 Å². The first-order valence-corrected chi connectivity index (χ1v) is 8.02. The van der Waals surface area contributed by atoms with Gasteiger partial charge in [0.25, 0.3) is 0 Å². The summed E-state index contributed by atoms with van der Waals surface area (Å²) in [6.45, 7) is 7.71. The summed E-state index contributed by atoms with van der Waals surface area (Å²) in [5.41, 5.74) is 1.02. The molecule has 0 spiro atoms. The number of nitrogens with zero attached hydrogens (tertiary/aromatic N) is 1. The SMILES string of the molecule is C=CCOC(=O)C1=C2[C@H](O)CCC[C@@H]2C2[C@@H](C(C)C)C(=O)N12. The maximum atomic E-state index is 12.5. The van der Waals surface area contributed by atoms with Gasteiger partial charge in [0.1, 0.15) is 12.3 Å². The van der Waals surface area contributed by atoms with Gasteiger partial charge in [-0.3, -0.25) is 4.79 Å². The first kappa shape index (κ1) is 15.3. The molecule has 1 unspecified atom stereocenters. The fourth-order valence-corrected chi connectivity index (χ4v) is 4.24. The molecule has 120 valence electrons. The Balaban J connectivity index is 1.97. The molecule has 1 aliphatic carbocycles. The topological polar surface area (TPSA) is 66.8 Å². The molecule has 1 N–H and O–H groups in total. The van der Waals surface area contributed by atoms with Gasteiger partial charge in [0.2, 0.25) is 5.91 Å². The molecular formula is C17H23NO4. The lowest BCUT2D eigenvalue weighted by Gasteiger charge is -2.48.